The Bertz CT molecular complexity index is 574. The number of aryl methyl sites for hydroxylation is 1. The van der Waals surface area contributed by atoms with Crippen LogP contribution in [0, 0.1) is 6.92 Å². The molecule has 2 aromatic rings. The Hall–Kier alpha value is -1.88. The third-order valence-electron chi connectivity index (χ3n) is 3.00. The van der Waals surface area contributed by atoms with Crippen molar-refractivity contribution >= 4 is 22.9 Å². The van der Waals surface area contributed by atoms with E-state index < -0.39 is 0 Å². The molecule has 3 N–H and O–H groups in total. The molecule has 0 aliphatic rings. The van der Waals surface area contributed by atoms with Crippen molar-refractivity contribution in [2.75, 3.05) is 5.32 Å². The van der Waals surface area contributed by atoms with Gasteiger partial charge in [-0.3, -0.25) is 4.68 Å². The summed E-state index contributed by atoms with van der Waals surface area (Å²) in [7, 11) is 1.93. The summed E-state index contributed by atoms with van der Waals surface area (Å²) in [6.45, 7) is 2.75. The summed E-state index contributed by atoms with van der Waals surface area (Å²) in [4.78, 5) is 0.404. The predicted octanol–water partition coefficient (Wildman–Crippen LogP) is 1.97. The van der Waals surface area contributed by atoms with Crippen LogP contribution < -0.4 is 11.1 Å². The van der Waals surface area contributed by atoms with E-state index in [0.717, 1.165) is 22.5 Å². The Balaban J connectivity index is 2.16. The molecule has 5 heteroatoms. The third kappa shape index (κ3) is 2.51. The van der Waals surface area contributed by atoms with Crippen LogP contribution in [0.5, 0.6) is 0 Å². The minimum absolute atomic E-state index is 0.404. The number of aromatic nitrogens is 2. The summed E-state index contributed by atoms with van der Waals surface area (Å²) < 4.78 is 1.86. The zero-order valence-corrected chi connectivity index (χ0v) is 11.3. The average molecular weight is 260 g/mol. The van der Waals surface area contributed by atoms with E-state index in [1.807, 2.05) is 49.1 Å². The molecule has 0 aliphatic heterocycles. The van der Waals surface area contributed by atoms with Gasteiger partial charge in [0.05, 0.1) is 6.20 Å². The van der Waals surface area contributed by atoms with E-state index >= 15 is 0 Å². The average Bonchev–Trinajstić information content (AvgIpc) is 2.68. The van der Waals surface area contributed by atoms with Gasteiger partial charge in [0.1, 0.15) is 4.99 Å². The lowest BCUT2D eigenvalue weighted by atomic mass is 10.1. The quantitative estimate of drug-likeness (QED) is 0.825. The van der Waals surface area contributed by atoms with E-state index in [-0.39, 0.29) is 0 Å². The number of nitrogens with one attached hydrogen (secondary N) is 1. The number of nitrogens with zero attached hydrogens (tertiary/aromatic N) is 2. The van der Waals surface area contributed by atoms with Gasteiger partial charge in [-0.05, 0) is 19.1 Å². The molecule has 4 nitrogen and oxygen atoms in total. The molecule has 0 saturated heterocycles. The fourth-order valence-electron chi connectivity index (χ4n) is 1.76. The number of rotatable bonds is 4. The van der Waals surface area contributed by atoms with E-state index in [9.17, 15) is 0 Å². The minimum Gasteiger partial charge on any atom is -0.389 e. The van der Waals surface area contributed by atoms with Gasteiger partial charge in [-0.25, -0.2) is 0 Å². The number of benzene rings is 1. The van der Waals surface area contributed by atoms with E-state index in [0.29, 0.717) is 11.5 Å². The Kier molecular flexibility index (Phi) is 3.62. The predicted molar refractivity (Wildman–Crippen MR) is 77.6 cm³/mol. The normalized spacial score (nSPS) is 10.3. The number of hydrogen-bond donors (Lipinski definition) is 2. The molecule has 0 radical (unpaired) electrons. The molecule has 0 aliphatic carbocycles. The first-order chi connectivity index (χ1) is 8.59. The highest BCUT2D eigenvalue weighted by atomic mass is 32.1. The van der Waals surface area contributed by atoms with Crippen LogP contribution in [-0.2, 0) is 13.6 Å². The summed E-state index contributed by atoms with van der Waals surface area (Å²) in [5, 5.41) is 7.56. The minimum atomic E-state index is 0.404. The largest absolute Gasteiger partial charge is 0.389 e. The number of anilines is 1. The summed E-state index contributed by atoms with van der Waals surface area (Å²) in [6.07, 6.45) is 1.87. The standard InChI is InChI=1S/C13H16N4S/c1-9-10(8-16-17(9)2)7-15-12-6-4-3-5-11(12)13(14)18/h3-6,8,15H,7H2,1-2H3,(H2,14,18). The van der Waals surface area contributed by atoms with Crippen LogP contribution in [0.4, 0.5) is 5.69 Å². The van der Waals surface area contributed by atoms with Crippen molar-refractivity contribution in [3.05, 3.63) is 47.3 Å². The maximum Gasteiger partial charge on any atom is 0.106 e. The molecule has 18 heavy (non-hydrogen) atoms. The van der Waals surface area contributed by atoms with Crippen LogP contribution >= 0.6 is 12.2 Å². The molecule has 0 atom stereocenters. The first-order valence-corrected chi connectivity index (χ1v) is 6.10. The fourth-order valence-corrected chi connectivity index (χ4v) is 1.94. The second-order valence-electron chi connectivity index (χ2n) is 4.14. The molecule has 2 rings (SSSR count). The highest BCUT2D eigenvalue weighted by Crippen LogP contribution is 2.16. The third-order valence-corrected chi connectivity index (χ3v) is 3.22. The second kappa shape index (κ2) is 5.18. The van der Waals surface area contributed by atoms with E-state index in [1.54, 1.807) is 0 Å². The Morgan fingerprint density at radius 1 is 1.44 bits per heavy atom. The van der Waals surface area contributed by atoms with Gasteiger partial charge in [-0.2, -0.15) is 5.10 Å². The molecule has 1 aromatic heterocycles. The molecule has 94 valence electrons. The second-order valence-corrected chi connectivity index (χ2v) is 4.58. The van der Waals surface area contributed by atoms with E-state index in [1.165, 1.54) is 0 Å². The summed E-state index contributed by atoms with van der Waals surface area (Å²) in [6, 6.07) is 7.77. The highest BCUT2D eigenvalue weighted by molar-refractivity contribution is 7.80. The van der Waals surface area contributed by atoms with E-state index in [2.05, 4.69) is 10.4 Å². The molecule has 0 saturated carbocycles. The van der Waals surface area contributed by atoms with Gasteiger partial charge in [0.2, 0.25) is 0 Å². The summed E-state index contributed by atoms with van der Waals surface area (Å²) in [5.74, 6) is 0. The molecule has 0 amide bonds. The van der Waals surface area contributed by atoms with Gasteiger partial charge in [0.25, 0.3) is 0 Å². The topological polar surface area (TPSA) is 55.9 Å². The maximum absolute atomic E-state index is 5.69. The van der Waals surface area contributed by atoms with Crippen LogP contribution in [0.15, 0.2) is 30.5 Å². The molecular weight excluding hydrogens is 244 g/mol. The van der Waals surface area contributed by atoms with Gasteiger partial charge in [-0.1, -0.05) is 24.4 Å². The van der Waals surface area contributed by atoms with Gasteiger partial charge in [0.15, 0.2) is 0 Å². The zero-order chi connectivity index (χ0) is 13.1. The number of thiocarbonyl (C=S) groups is 1. The van der Waals surface area contributed by atoms with E-state index in [4.69, 9.17) is 18.0 Å². The van der Waals surface area contributed by atoms with Crippen molar-refractivity contribution in [2.45, 2.75) is 13.5 Å². The Labute approximate surface area is 112 Å². The molecule has 0 bridgehead atoms. The van der Waals surface area contributed by atoms with Gasteiger partial charge < -0.3 is 11.1 Å². The number of para-hydroxylation sites is 1. The lowest BCUT2D eigenvalue weighted by Crippen LogP contribution is -2.13. The molecule has 0 unspecified atom stereocenters. The van der Waals surface area contributed by atoms with Crippen molar-refractivity contribution in [3.8, 4) is 0 Å². The van der Waals surface area contributed by atoms with Crippen molar-refractivity contribution in [3.63, 3.8) is 0 Å². The van der Waals surface area contributed by atoms with Gasteiger partial charge in [0, 0.05) is 36.1 Å². The monoisotopic (exact) mass is 260 g/mol. The maximum atomic E-state index is 5.69. The van der Waals surface area contributed by atoms with Crippen LogP contribution in [-0.4, -0.2) is 14.8 Å². The van der Waals surface area contributed by atoms with Gasteiger partial charge >= 0.3 is 0 Å². The van der Waals surface area contributed by atoms with Crippen LogP contribution in [0.3, 0.4) is 0 Å². The molecule has 0 fully saturated rings. The summed E-state index contributed by atoms with van der Waals surface area (Å²) >= 11 is 5.03. The fraction of sp³-hybridized carbons (Fsp3) is 0.231. The highest BCUT2D eigenvalue weighted by Gasteiger charge is 2.06. The van der Waals surface area contributed by atoms with Crippen molar-refractivity contribution in [2.24, 2.45) is 12.8 Å². The van der Waals surface area contributed by atoms with Crippen LogP contribution in [0.2, 0.25) is 0 Å². The lowest BCUT2D eigenvalue weighted by molar-refractivity contribution is 0.738. The molecular formula is C13H16N4S. The van der Waals surface area contributed by atoms with Crippen LogP contribution in [0.1, 0.15) is 16.8 Å². The first kappa shape index (κ1) is 12.6. The van der Waals surface area contributed by atoms with Crippen molar-refractivity contribution < 1.29 is 0 Å². The SMILES string of the molecule is Cc1c(CNc2ccccc2C(N)=S)cnn1C. The summed E-state index contributed by atoms with van der Waals surface area (Å²) in [5.41, 5.74) is 9.82. The zero-order valence-electron chi connectivity index (χ0n) is 10.5. The Morgan fingerprint density at radius 2 is 2.17 bits per heavy atom. The first-order valence-electron chi connectivity index (χ1n) is 5.69. The Morgan fingerprint density at radius 3 is 2.78 bits per heavy atom. The molecule has 1 aromatic carbocycles. The van der Waals surface area contributed by atoms with Crippen molar-refractivity contribution in [1.82, 2.24) is 9.78 Å². The number of hydrogen-bond acceptors (Lipinski definition) is 3. The van der Waals surface area contributed by atoms with Crippen LogP contribution in [0.25, 0.3) is 0 Å². The number of nitrogens with two attached hydrogens (primary N) is 1. The smallest absolute Gasteiger partial charge is 0.106 e. The lowest BCUT2D eigenvalue weighted by Gasteiger charge is -2.10. The molecule has 1 heterocycles. The van der Waals surface area contributed by atoms with Gasteiger partial charge in [-0.15, -0.1) is 0 Å². The molecule has 0 spiro atoms. The van der Waals surface area contributed by atoms with Crippen molar-refractivity contribution in [1.29, 1.82) is 0 Å².